The van der Waals surface area contributed by atoms with E-state index in [4.69, 9.17) is 5.11 Å². The number of benzene rings is 1. The molecule has 2 N–H and O–H groups in total. The summed E-state index contributed by atoms with van der Waals surface area (Å²) < 4.78 is 0. The largest absolute Gasteiger partial charge is 0.395 e. The molecule has 0 fully saturated rings. The second-order valence-corrected chi connectivity index (χ2v) is 4.73. The average Bonchev–Trinajstić information content (AvgIpc) is 2.53. The lowest BCUT2D eigenvalue weighted by molar-refractivity contribution is 0.0622. The molecule has 0 heterocycles. The summed E-state index contributed by atoms with van der Waals surface area (Å²) in [4.78, 5) is 14.3. The van der Waals surface area contributed by atoms with E-state index in [1.807, 2.05) is 13.8 Å². The van der Waals surface area contributed by atoms with Gasteiger partial charge in [0.05, 0.1) is 6.61 Å². The van der Waals surface area contributed by atoms with Crippen molar-refractivity contribution < 1.29 is 15.0 Å². The Morgan fingerprint density at radius 3 is 2.29 bits per heavy atom. The Bertz CT molecular complexity index is 495. The summed E-state index contributed by atoms with van der Waals surface area (Å²) in [5, 5.41) is 17.8. The molecule has 0 spiro atoms. The maximum atomic E-state index is 12.6. The molecule has 0 radical (unpaired) electrons. The third-order valence-electron chi connectivity index (χ3n) is 3.43. The number of carbonyl (C=O) groups excluding carboxylic acids is 1. The molecule has 1 amide bonds. The summed E-state index contributed by atoms with van der Waals surface area (Å²) in [5.74, 6) is 5.30. The fourth-order valence-electron chi connectivity index (χ4n) is 2.29. The SMILES string of the molecule is CCC(CC)N(CCO)C(=O)c1ccc(C#CCO)cc1. The molecule has 114 valence electrons. The molecule has 0 atom stereocenters. The highest BCUT2D eigenvalue weighted by atomic mass is 16.3. The first-order chi connectivity index (χ1) is 10.2. The van der Waals surface area contributed by atoms with E-state index in [2.05, 4.69) is 11.8 Å². The third-order valence-corrected chi connectivity index (χ3v) is 3.43. The lowest BCUT2D eigenvalue weighted by Gasteiger charge is -2.30. The Kier molecular flexibility index (Phi) is 7.52. The molecule has 0 aromatic heterocycles. The van der Waals surface area contributed by atoms with Crippen LogP contribution in [0.1, 0.15) is 42.6 Å². The van der Waals surface area contributed by atoms with Crippen molar-refractivity contribution in [2.75, 3.05) is 19.8 Å². The maximum Gasteiger partial charge on any atom is 0.254 e. The van der Waals surface area contributed by atoms with Gasteiger partial charge in [-0.25, -0.2) is 0 Å². The molecule has 1 aromatic carbocycles. The molecule has 0 saturated heterocycles. The molecule has 4 nitrogen and oxygen atoms in total. The van der Waals surface area contributed by atoms with Crippen LogP contribution < -0.4 is 0 Å². The van der Waals surface area contributed by atoms with Crippen molar-refractivity contribution in [1.29, 1.82) is 0 Å². The monoisotopic (exact) mass is 289 g/mol. The van der Waals surface area contributed by atoms with E-state index in [0.717, 1.165) is 18.4 Å². The number of nitrogens with zero attached hydrogens (tertiary/aromatic N) is 1. The number of hydrogen-bond donors (Lipinski definition) is 2. The Labute approximate surface area is 126 Å². The predicted octanol–water partition coefficient (Wildman–Crippen LogP) is 1.65. The van der Waals surface area contributed by atoms with E-state index in [-0.39, 0.29) is 25.2 Å². The molecule has 0 aliphatic carbocycles. The number of aliphatic hydroxyl groups excluding tert-OH is 2. The van der Waals surface area contributed by atoms with Crippen LogP contribution in [-0.2, 0) is 0 Å². The van der Waals surface area contributed by atoms with Gasteiger partial charge in [-0.15, -0.1) is 0 Å². The van der Waals surface area contributed by atoms with Crippen molar-refractivity contribution in [1.82, 2.24) is 4.90 Å². The van der Waals surface area contributed by atoms with Crippen LogP contribution in [0, 0.1) is 11.8 Å². The molecule has 0 aliphatic rings. The number of amides is 1. The summed E-state index contributed by atoms with van der Waals surface area (Å²) in [5.41, 5.74) is 1.35. The first kappa shape index (κ1) is 17.2. The van der Waals surface area contributed by atoms with Crippen molar-refractivity contribution in [3.63, 3.8) is 0 Å². The summed E-state index contributed by atoms with van der Waals surface area (Å²) in [7, 11) is 0. The van der Waals surface area contributed by atoms with Gasteiger partial charge in [-0.05, 0) is 37.1 Å². The molecular weight excluding hydrogens is 266 g/mol. The van der Waals surface area contributed by atoms with Gasteiger partial charge in [0.25, 0.3) is 5.91 Å². The van der Waals surface area contributed by atoms with Crippen molar-refractivity contribution in [2.24, 2.45) is 0 Å². The van der Waals surface area contributed by atoms with Crippen LogP contribution in [0.25, 0.3) is 0 Å². The topological polar surface area (TPSA) is 60.8 Å². The van der Waals surface area contributed by atoms with Crippen LogP contribution in [0.15, 0.2) is 24.3 Å². The van der Waals surface area contributed by atoms with Crippen molar-refractivity contribution in [3.8, 4) is 11.8 Å². The Morgan fingerprint density at radius 2 is 1.81 bits per heavy atom. The molecule has 0 bridgehead atoms. The first-order valence-electron chi connectivity index (χ1n) is 7.29. The number of aliphatic hydroxyl groups is 2. The molecule has 0 unspecified atom stereocenters. The lowest BCUT2D eigenvalue weighted by atomic mass is 10.1. The fraction of sp³-hybridized carbons (Fsp3) is 0.471. The van der Waals surface area contributed by atoms with E-state index >= 15 is 0 Å². The van der Waals surface area contributed by atoms with Crippen LogP contribution in [0.2, 0.25) is 0 Å². The van der Waals surface area contributed by atoms with Gasteiger partial charge in [-0.3, -0.25) is 4.79 Å². The Morgan fingerprint density at radius 1 is 1.19 bits per heavy atom. The highest BCUT2D eigenvalue weighted by Crippen LogP contribution is 2.14. The molecule has 4 heteroatoms. The summed E-state index contributed by atoms with van der Waals surface area (Å²) >= 11 is 0. The van der Waals surface area contributed by atoms with Gasteiger partial charge < -0.3 is 15.1 Å². The van der Waals surface area contributed by atoms with Crippen LogP contribution in [0.5, 0.6) is 0 Å². The van der Waals surface area contributed by atoms with Crippen molar-refractivity contribution >= 4 is 5.91 Å². The second kappa shape index (κ2) is 9.17. The minimum Gasteiger partial charge on any atom is -0.395 e. The van der Waals surface area contributed by atoms with E-state index in [0.29, 0.717) is 12.1 Å². The minimum absolute atomic E-state index is 0.0394. The first-order valence-corrected chi connectivity index (χ1v) is 7.29. The van der Waals surface area contributed by atoms with Crippen LogP contribution in [0.4, 0.5) is 0 Å². The number of rotatable bonds is 6. The van der Waals surface area contributed by atoms with Gasteiger partial charge in [0.15, 0.2) is 0 Å². The number of carbonyl (C=O) groups is 1. The zero-order valence-electron chi connectivity index (χ0n) is 12.7. The highest BCUT2D eigenvalue weighted by molar-refractivity contribution is 5.94. The normalized spacial score (nSPS) is 10.1. The van der Waals surface area contributed by atoms with Gasteiger partial charge in [0, 0.05) is 23.7 Å². The van der Waals surface area contributed by atoms with Gasteiger partial charge in [-0.2, -0.15) is 0 Å². The molecule has 21 heavy (non-hydrogen) atoms. The van der Waals surface area contributed by atoms with Gasteiger partial charge >= 0.3 is 0 Å². The van der Waals surface area contributed by atoms with Crippen LogP contribution in [-0.4, -0.2) is 46.8 Å². The standard InChI is InChI=1S/C17H23NO3/c1-3-16(4-2)18(11-13-20)17(21)15-9-7-14(8-10-15)6-5-12-19/h7-10,16,19-20H,3-4,11-13H2,1-2H3. The molecule has 1 aromatic rings. The highest BCUT2D eigenvalue weighted by Gasteiger charge is 2.21. The van der Waals surface area contributed by atoms with Crippen LogP contribution >= 0.6 is 0 Å². The maximum absolute atomic E-state index is 12.6. The molecule has 0 saturated carbocycles. The quantitative estimate of drug-likeness (QED) is 0.783. The molecule has 1 rings (SSSR count). The molecule has 0 aliphatic heterocycles. The zero-order valence-corrected chi connectivity index (χ0v) is 12.7. The smallest absolute Gasteiger partial charge is 0.254 e. The fourth-order valence-corrected chi connectivity index (χ4v) is 2.29. The van der Waals surface area contributed by atoms with E-state index in [1.54, 1.807) is 29.2 Å². The zero-order chi connectivity index (χ0) is 15.7. The van der Waals surface area contributed by atoms with E-state index in [1.165, 1.54) is 0 Å². The summed E-state index contributed by atoms with van der Waals surface area (Å²) in [6.45, 7) is 4.21. The Hall–Kier alpha value is -1.83. The Balaban J connectivity index is 2.93. The molecular formula is C17H23NO3. The summed E-state index contributed by atoms with van der Waals surface area (Å²) in [6, 6.07) is 7.13. The average molecular weight is 289 g/mol. The minimum atomic E-state index is -0.181. The van der Waals surface area contributed by atoms with E-state index in [9.17, 15) is 9.90 Å². The number of hydrogen-bond acceptors (Lipinski definition) is 3. The van der Waals surface area contributed by atoms with E-state index < -0.39 is 0 Å². The summed E-state index contributed by atoms with van der Waals surface area (Å²) in [6.07, 6.45) is 1.73. The van der Waals surface area contributed by atoms with Gasteiger partial charge in [0.2, 0.25) is 0 Å². The van der Waals surface area contributed by atoms with Crippen LogP contribution in [0.3, 0.4) is 0 Å². The third kappa shape index (κ3) is 4.89. The van der Waals surface area contributed by atoms with Gasteiger partial charge in [0.1, 0.15) is 6.61 Å². The second-order valence-electron chi connectivity index (χ2n) is 4.73. The van der Waals surface area contributed by atoms with Crippen molar-refractivity contribution in [2.45, 2.75) is 32.7 Å². The van der Waals surface area contributed by atoms with Gasteiger partial charge in [-0.1, -0.05) is 25.7 Å². The lowest BCUT2D eigenvalue weighted by Crippen LogP contribution is -2.41. The predicted molar refractivity (Wildman–Crippen MR) is 82.9 cm³/mol. The van der Waals surface area contributed by atoms with Crippen molar-refractivity contribution in [3.05, 3.63) is 35.4 Å².